The lowest BCUT2D eigenvalue weighted by molar-refractivity contribution is -0.134. The second kappa shape index (κ2) is 7.99. The van der Waals surface area contributed by atoms with Crippen molar-refractivity contribution < 1.29 is 14.6 Å². The molecular formula is C19H28N2O3. The molecule has 2 fully saturated rings. The van der Waals surface area contributed by atoms with Gasteiger partial charge in [0.15, 0.2) is 0 Å². The summed E-state index contributed by atoms with van der Waals surface area (Å²) in [5.41, 5.74) is 1.09. The van der Waals surface area contributed by atoms with Gasteiger partial charge in [-0.05, 0) is 37.8 Å². The lowest BCUT2D eigenvalue weighted by atomic mass is 10.1. The summed E-state index contributed by atoms with van der Waals surface area (Å²) in [4.78, 5) is 16.6. The Bertz CT molecular complexity index is 555. The van der Waals surface area contributed by atoms with Gasteiger partial charge >= 0.3 is 0 Å². The molecule has 0 bridgehead atoms. The lowest BCUT2D eigenvalue weighted by Crippen LogP contribution is -2.53. The van der Waals surface area contributed by atoms with Gasteiger partial charge in [0, 0.05) is 32.2 Å². The van der Waals surface area contributed by atoms with Gasteiger partial charge in [-0.3, -0.25) is 9.69 Å². The summed E-state index contributed by atoms with van der Waals surface area (Å²) in [6, 6.07) is 8.17. The van der Waals surface area contributed by atoms with Gasteiger partial charge in [0.2, 0.25) is 5.91 Å². The Balaban J connectivity index is 1.40. The smallest absolute Gasteiger partial charge is 0.226 e. The molecule has 0 unspecified atom stereocenters. The number of piperazine rings is 1. The molecule has 0 radical (unpaired) electrons. The lowest BCUT2D eigenvalue weighted by Gasteiger charge is -2.39. The number of benzene rings is 1. The molecule has 1 aromatic rings. The molecule has 5 heteroatoms. The van der Waals surface area contributed by atoms with Crippen molar-refractivity contribution in [2.75, 3.05) is 32.8 Å². The molecule has 1 saturated heterocycles. The van der Waals surface area contributed by atoms with Gasteiger partial charge in [-0.15, -0.1) is 0 Å². The normalized spacial score (nSPS) is 25.0. The van der Waals surface area contributed by atoms with Crippen LogP contribution in [0.25, 0.3) is 0 Å². The van der Waals surface area contributed by atoms with Crippen LogP contribution in [0, 0.1) is 6.92 Å². The summed E-state index contributed by atoms with van der Waals surface area (Å²) < 4.78 is 5.72. The fourth-order valence-electron chi connectivity index (χ4n) is 3.77. The van der Waals surface area contributed by atoms with Gasteiger partial charge in [-0.2, -0.15) is 0 Å². The number of hydrogen-bond acceptors (Lipinski definition) is 4. The van der Waals surface area contributed by atoms with Crippen molar-refractivity contribution in [3.05, 3.63) is 29.8 Å². The Morgan fingerprint density at radius 3 is 2.62 bits per heavy atom. The maximum atomic E-state index is 12.3. The molecule has 24 heavy (non-hydrogen) atoms. The number of ether oxygens (including phenoxy) is 1. The first kappa shape index (κ1) is 17.2. The van der Waals surface area contributed by atoms with E-state index in [0.717, 1.165) is 56.8 Å². The number of carbonyl (C=O) groups is 1. The minimum absolute atomic E-state index is 0.162. The minimum Gasteiger partial charge on any atom is -0.493 e. The fourth-order valence-corrected chi connectivity index (χ4v) is 3.77. The van der Waals surface area contributed by atoms with Gasteiger partial charge in [0.25, 0.3) is 0 Å². The van der Waals surface area contributed by atoms with Crippen LogP contribution in [0.3, 0.4) is 0 Å². The molecule has 5 nitrogen and oxygen atoms in total. The molecule has 132 valence electrons. The van der Waals surface area contributed by atoms with E-state index in [2.05, 4.69) is 4.90 Å². The standard InChI is InChI=1S/C19H28N2O3/c1-15-5-2-3-8-18(15)24-14-9-19(23)21-12-10-20(11-13-21)16-6-4-7-17(16)22/h2-3,5,8,16-17,22H,4,6-7,9-14H2,1H3/t16-,17-/m1/s1. The third-order valence-electron chi connectivity index (χ3n) is 5.25. The highest BCUT2D eigenvalue weighted by molar-refractivity contribution is 5.76. The van der Waals surface area contributed by atoms with Crippen LogP contribution in [0.2, 0.25) is 0 Å². The van der Waals surface area contributed by atoms with E-state index < -0.39 is 0 Å². The number of rotatable bonds is 5. The SMILES string of the molecule is Cc1ccccc1OCCC(=O)N1CCN([C@@H]2CCC[C@H]2O)CC1. The average molecular weight is 332 g/mol. The first-order chi connectivity index (χ1) is 11.6. The number of aliphatic hydroxyl groups is 1. The van der Waals surface area contributed by atoms with Gasteiger partial charge in [-0.1, -0.05) is 18.2 Å². The number of nitrogens with zero attached hydrogens (tertiary/aromatic N) is 2. The van der Waals surface area contributed by atoms with Crippen LogP contribution in [0.15, 0.2) is 24.3 Å². The molecule has 0 aromatic heterocycles. The zero-order valence-electron chi connectivity index (χ0n) is 14.5. The Labute approximate surface area is 144 Å². The fraction of sp³-hybridized carbons (Fsp3) is 0.632. The number of aliphatic hydroxyl groups excluding tert-OH is 1. The van der Waals surface area contributed by atoms with E-state index in [1.807, 2.05) is 36.1 Å². The second-order valence-electron chi connectivity index (χ2n) is 6.85. The topological polar surface area (TPSA) is 53.0 Å². The minimum atomic E-state index is -0.185. The van der Waals surface area contributed by atoms with Crippen LogP contribution < -0.4 is 4.74 Å². The maximum absolute atomic E-state index is 12.3. The van der Waals surface area contributed by atoms with Crippen molar-refractivity contribution in [1.82, 2.24) is 9.80 Å². The molecule has 2 aliphatic rings. The maximum Gasteiger partial charge on any atom is 0.226 e. The van der Waals surface area contributed by atoms with E-state index in [9.17, 15) is 9.90 Å². The zero-order valence-corrected chi connectivity index (χ0v) is 14.5. The van der Waals surface area contributed by atoms with E-state index in [-0.39, 0.29) is 12.0 Å². The molecule has 1 aliphatic carbocycles. The summed E-state index contributed by atoms with van der Waals surface area (Å²) in [6.07, 6.45) is 3.34. The van der Waals surface area contributed by atoms with Crippen LogP contribution >= 0.6 is 0 Å². The first-order valence-corrected chi connectivity index (χ1v) is 9.03. The second-order valence-corrected chi connectivity index (χ2v) is 6.85. The molecule has 1 N–H and O–H groups in total. The van der Waals surface area contributed by atoms with E-state index in [1.165, 1.54) is 0 Å². The van der Waals surface area contributed by atoms with Gasteiger partial charge in [0.1, 0.15) is 5.75 Å². The number of hydrogen-bond donors (Lipinski definition) is 1. The highest BCUT2D eigenvalue weighted by Crippen LogP contribution is 2.25. The Morgan fingerprint density at radius 1 is 1.21 bits per heavy atom. The summed E-state index contributed by atoms with van der Waals surface area (Å²) >= 11 is 0. The molecule has 2 atom stereocenters. The molecule has 1 heterocycles. The third-order valence-corrected chi connectivity index (χ3v) is 5.25. The quantitative estimate of drug-likeness (QED) is 0.894. The van der Waals surface area contributed by atoms with Gasteiger partial charge < -0.3 is 14.7 Å². The molecule has 1 amide bonds. The largest absolute Gasteiger partial charge is 0.493 e. The van der Waals surface area contributed by atoms with E-state index in [0.29, 0.717) is 19.1 Å². The van der Waals surface area contributed by atoms with Crippen molar-refractivity contribution in [2.45, 2.75) is 44.8 Å². The summed E-state index contributed by atoms with van der Waals surface area (Å²) in [5, 5.41) is 10.0. The van der Waals surface area contributed by atoms with Crippen molar-refractivity contribution in [2.24, 2.45) is 0 Å². The molecule has 1 aliphatic heterocycles. The van der Waals surface area contributed by atoms with Gasteiger partial charge in [-0.25, -0.2) is 0 Å². The van der Waals surface area contributed by atoms with E-state index in [1.54, 1.807) is 0 Å². The van der Waals surface area contributed by atoms with Crippen LogP contribution in [0.1, 0.15) is 31.2 Å². The molecule has 3 rings (SSSR count). The number of carbonyl (C=O) groups excluding carboxylic acids is 1. The van der Waals surface area contributed by atoms with Crippen molar-refractivity contribution in [1.29, 1.82) is 0 Å². The molecule has 1 aromatic carbocycles. The van der Waals surface area contributed by atoms with E-state index in [4.69, 9.17) is 4.74 Å². The Kier molecular flexibility index (Phi) is 5.74. The van der Waals surface area contributed by atoms with Gasteiger partial charge in [0.05, 0.1) is 19.1 Å². The molecule has 0 spiro atoms. The first-order valence-electron chi connectivity index (χ1n) is 9.03. The summed E-state index contributed by atoms with van der Waals surface area (Å²) in [6.45, 7) is 5.68. The predicted molar refractivity (Wildman–Crippen MR) is 93.1 cm³/mol. The monoisotopic (exact) mass is 332 g/mol. The Hall–Kier alpha value is -1.59. The van der Waals surface area contributed by atoms with Crippen LogP contribution in [-0.4, -0.2) is 65.7 Å². The number of aryl methyl sites for hydroxylation is 1. The van der Waals surface area contributed by atoms with Crippen LogP contribution in [0.5, 0.6) is 5.75 Å². The molecular weight excluding hydrogens is 304 g/mol. The summed E-state index contributed by atoms with van der Waals surface area (Å²) in [5.74, 6) is 1.01. The number of amides is 1. The highest BCUT2D eigenvalue weighted by atomic mass is 16.5. The molecule has 1 saturated carbocycles. The van der Waals surface area contributed by atoms with Crippen molar-refractivity contribution in [3.63, 3.8) is 0 Å². The van der Waals surface area contributed by atoms with Crippen LogP contribution in [-0.2, 0) is 4.79 Å². The summed E-state index contributed by atoms with van der Waals surface area (Å²) in [7, 11) is 0. The van der Waals surface area contributed by atoms with Crippen molar-refractivity contribution >= 4 is 5.91 Å². The van der Waals surface area contributed by atoms with Crippen LogP contribution in [0.4, 0.5) is 0 Å². The predicted octanol–water partition coefficient (Wildman–Crippen LogP) is 1.82. The van der Waals surface area contributed by atoms with E-state index >= 15 is 0 Å². The highest BCUT2D eigenvalue weighted by Gasteiger charge is 2.33. The Morgan fingerprint density at radius 2 is 1.96 bits per heavy atom. The van der Waals surface area contributed by atoms with Crippen molar-refractivity contribution in [3.8, 4) is 5.75 Å². The zero-order chi connectivity index (χ0) is 16.9. The third kappa shape index (κ3) is 4.08. The average Bonchev–Trinajstić information content (AvgIpc) is 3.03. The number of para-hydroxylation sites is 1.